The molecule has 0 aromatic heterocycles. The van der Waals surface area contributed by atoms with E-state index in [0.717, 1.165) is 15.4 Å². The number of hydrogen-bond donors (Lipinski definition) is 0. The van der Waals surface area contributed by atoms with E-state index in [0.29, 0.717) is 22.3 Å². The van der Waals surface area contributed by atoms with Crippen LogP contribution < -0.4 is 0 Å². The number of halogens is 1. The maximum absolute atomic E-state index is 14.0. The second-order valence-electron chi connectivity index (χ2n) is 8.39. The van der Waals surface area contributed by atoms with Crippen LogP contribution in [0.4, 0.5) is 4.39 Å². The highest BCUT2D eigenvalue weighted by atomic mass is 32.2. The van der Waals surface area contributed by atoms with Crippen LogP contribution in [0.15, 0.2) is 114 Å². The summed E-state index contributed by atoms with van der Waals surface area (Å²) in [7, 11) is -4.25. The normalized spacial score (nSPS) is 16.1. The fourth-order valence-corrected chi connectivity index (χ4v) is 5.94. The van der Waals surface area contributed by atoms with Gasteiger partial charge in [-0.15, -0.1) is 0 Å². The predicted octanol–water partition coefficient (Wildman–Crippen LogP) is 6.02. The van der Waals surface area contributed by atoms with Crippen LogP contribution in [0.25, 0.3) is 11.1 Å². The molecular formula is C29H22FNO3S. The summed E-state index contributed by atoms with van der Waals surface area (Å²) in [5.74, 6) is -1.07. The van der Waals surface area contributed by atoms with Crippen molar-refractivity contribution in [2.75, 3.05) is 0 Å². The Kier molecular flexibility index (Phi) is 5.83. The fourth-order valence-electron chi connectivity index (χ4n) is 4.42. The van der Waals surface area contributed by atoms with Gasteiger partial charge in [0, 0.05) is 5.57 Å². The molecule has 174 valence electrons. The monoisotopic (exact) mass is 483 g/mol. The second kappa shape index (κ2) is 8.96. The Morgan fingerprint density at radius 2 is 1.26 bits per heavy atom. The average molecular weight is 484 g/mol. The van der Waals surface area contributed by atoms with Gasteiger partial charge in [0.2, 0.25) is 0 Å². The molecule has 5 rings (SSSR count). The Labute approximate surface area is 204 Å². The topological polar surface area (TPSA) is 54.5 Å². The quantitative estimate of drug-likeness (QED) is 0.349. The Balaban J connectivity index is 1.81. The highest BCUT2D eigenvalue weighted by Crippen LogP contribution is 2.49. The minimum atomic E-state index is -4.25. The molecule has 35 heavy (non-hydrogen) atoms. The Morgan fingerprint density at radius 1 is 0.714 bits per heavy atom. The maximum Gasteiger partial charge on any atom is 0.269 e. The number of benzene rings is 4. The predicted molar refractivity (Wildman–Crippen MR) is 134 cm³/mol. The summed E-state index contributed by atoms with van der Waals surface area (Å²) in [6.45, 7) is 1.86. The van der Waals surface area contributed by atoms with Crippen LogP contribution in [0.3, 0.4) is 0 Å². The zero-order valence-electron chi connectivity index (χ0n) is 18.9. The molecular weight excluding hydrogens is 461 g/mol. The van der Waals surface area contributed by atoms with Gasteiger partial charge < -0.3 is 0 Å². The number of hydrogen-bond acceptors (Lipinski definition) is 3. The summed E-state index contributed by atoms with van der Waals surface area (Å²) in [6, 6.07) is 29.3. The molecule has 4 nitrogen and oxygen atoms in total. The van der Waals surface area contributed by atoms with Crippen LogP contribution >= 0.6 is 0 Å². The highest BCUT2D eigenvalue weighted by molar-refractivity contribution is 7.89. The molecule has 1 aliphatic heterocycles. The third-order valence-electron chi connectivity index (χ3n) is 6.10. The minimum Gasteiger partial charge on any atom is -0.268 e. The molecule has 6 heteroatoms. The molecule has 0 aliphatic carbocycles. The molecule has 0 radical (unpaired) electrons. The maximum atomic E-state index is 14.0. The van der Waals surface area contributed by atoms with E-state index >= 15 is 0 Å². The molecule has 1 heterocycles. The first kappa shape index (κ1) is 22.7. The smallest absolute Gasteiger partial charge is 0.268 e. The molecule has 0 saturated heterocycles. The molecule has 0 bridgehead atoms. The number of carbonyl (C=O) groups excluding carboxylic acids is 1. The largest absolute Gasteiger partial charge is 0.269 e. The number of carbonyl (C=O) groups is 1. The lowest BCUT2D eigenvalue weighted by Gasteiger charge is -2.27. The van der Waals surface area contributed by atoms with Gasteiger partial charge >= 0.3 is 0 Å². The molecule has 0 saturated carbocycles. The van der Waals surface area contributed by atoms with Crippen LogP contribution in [0.5, 0.6) is 0 Å². The van der Waals surface area contributed by atoms with Crippen LogP contribution in [0.2, 0.25) is 0 Å². The summed E-state index contributed by atoms with van der Waals surface area (Å²) in [5.41, 5.74) is 3.60. The molecule has 1 aliphatic rings. The number of amides is 1. The van der Waals surface area contributed by atoms with Crippen molar-refractivity contribution in [2.24, 2.45) is 0 Å². The van der Waals surface area contributed by atoms with Gasteiger partial charge in [0.1, 0.15) is 5.82 Å². The van der Waals surface area contributed by atoms with Crippen molar-refractivity contribution in [1.29, 1.82) is 0 Å². The van der Waals surface area contributed by atoms with Crippen molar-refractivity contribution >= 4 is 27.1 Å². The summed E-state index contributed by atoms with van der Waals surface area (Å²) in [4.78, 5) is 14.1. The van der Waals surface area contributed by atoms with Gasteiger partial charge in [0.05, 0.1) is 16.5 Å². The lowest BCUT2D eigenvalue weighted by atomic mass is 9.90. The van der Waals surface area contributed by atoms with E-state index in [1.54, 1.807) is 24.3 Å². The van der Waals surface area contributed by atoms with Crippen molar-refractivity contribution in [2.45, 2.75) is 17.9 Å². The standard InChI is InChI=1S/C29H22FNO3S/c1-20-12-18-25(19-13-20)35(33,34)31-28(23-14-16-24(30)17-15-23)26(21-8-4-2-5-9-21)27(29(31)32)22-10-6-3-7-11-22/h2-19,28H,1H3. The molecule has 0 N–H and O–H groups in total. The lowest BCUT2D eigenvalue weighted by Crippen LogP contribution is -2.36. The van der Waals surface area contributed by atoms with Gasteiger partial charge in [-0.2, -0.15) is 0 Å². The zero-order chi connectivity index (χ0) is 24.6. The first-order valence-corrected chi connectivity index (χ1v) is 12.6. The van der Waals surface area contributed by atoms with Crippen LogP contribution in [0.1, 0.15) is 28.3 Å². The van der Waals surface area contributed by atoms with Gasteiger partial charge in [-0.25, -0.2) is 17.1 Å². The third-order valence-corrected chi connectivity index (χ3v) is 7.86. The lowest BCUT2D eigenvalue weighted by molar-refractivity contribution is -0.120. The van der Waals surface area contributed by atoms with Crippen molar-refractivity contribution in [3.63, 3.8) is 0 Å². The Morgan fingerprint density at radius 3 is 1.83 bits per heavy atom. The van der Waals surface area contributed by atoms with Gasteiger partial charge in [0.25, 0.3) is 15.9 Å². The Hall–Kier alpha value is -4.03. The average Bonchev–Trinajstić information content (AvgIpc) is 3.19. The third kappa shape index (κ3) is 4.06. The molecule has 4 aromatic rings. The van der Waals surface area contributed by atoms with E-state index in [4.69, 9.17) is 0 Å². The number of aryl methyl sites for hydroxylation is 1. The van der Waals surface area contributed by atoms with Crippen LogP contribution in [-0.4, -0.2) is 18.6 Å². The molecule has 4 aromatic carbocycles. The van der Waals surface area contributed by atoms with Gasteiger partial charge in [0.15, 0.2) is 0 Å². The van der Waals surface area contributed by atoms with E-state index in [2.05, 4.69) is 0 Å². The van der Waals surface area contributed by atoms with Crippen molar-refractivity contribution < 1.29 is 17.6 Å². The van der Waals surface area contributed by atoms with E-state index in [-0.39, 0.29) is 4.90 Å². The Bertz CT molecular complexity index is 1510. The SMILES string of the molecule is Cc1ccc(S(=O)(=O)N2C(=O)C(c3ccccc3)=C(c3ccccc3)C2c2ccc(F)cc2)cc1. The summed E-state index contributed by atoms with van der Waals surface area (Å²) >= 11 is 0. The van der Waals surface area contributed by atoms with E-state index in [1.165, 1.54) is 36.4 Å². The second-order valence-corrected chi connectivity index (χ2v) is 10.2. The molecule has 0 spiro atoms. The van der Waals surface area contributed by atoms with E-state index in [9.17, 15) is 17.6 Å². The van der Waals surface area contributed by atoms with Gasteiger partial charge in [-0.3, -0.25) is 4.79 Å². The molecule has 1 atom stereocenters. The number of sulfonamides is 1. The van der Waals surface area contributed by atoms with E-state index in [1.807, 2.05) is 55.5 Å². The van der Waals surface area contributed by atoms with Crippen molar-refractivity contribution in [3.8, 4) is 0 Å². The fraction of sp³-hybridized carbons (Fsp3) is 0.0690. The summed E-state index contributed by atoms with van der Waals surface area (Å²) in [6.07, 6.45) is 0. The van der Waals surface area contributed by atoms with Crippen LogP contribution in [-0.2, 0) is 14.8 Å². The molecule has 1 amide bonds. The van der Waals surface area contributed by atoms with Crippen LogP contribution in [0, 0.1) is 12.7 Å². The van der Waals surface area contributed by atoms with Gasteiger partial charge in [-0.05, 0) is 47.9 Å². The van der Waals surface area contributed by atoms with Gasteiger partial charge in [-0.1, -0.05) is 90.5 Å². The molecule has 1 unspecified atom stereocenters. The first-order valence-electron chi connectivity index (χ1n) is 11.1. The minimum absolute atomic E-state index is 0.0188. The van der Waals surface area contributed by atoms with E-state index < -0.39 is 27.8 Å². The summed E-state index contributed by atoms with van der Waals surface area (Å²) < 4.78 is 42.7. The number of rotatable bonds is 5. The number of nitrogens with zero attached hydrogens (tertiary/aromatic N) is 1. The molecule has 0 fully saturated rings. The highest BCUT2D eigenvalue weighted by Gasteiger charge is 2.47. The first-order chi connectivity index (χ1) is 16.9. The van der Waals surface area contributed by atoms with Crippen molar-refractivity contribution in [3.05, 3.63) is 137 Å². The van der Waals surface area contributed by atoms with Crippen molar-refractivity contribution in [1.82, 2.24) is 4.31 Å². The summed E-state index contributed by atoms with van der Waals surface area (Å²) in [5, 5.41) is 0. The zero-order valence-corrected chi connectivity index (χ0v) is 19.7.